The van der Waals surface area contributed by atoms with Gasteiger partial charge in [-0.2, -0.15) is 0 Å². The number of carbonyl (C=O) groups is 1. The van der Waals surface area contributed by atoms with Crippen molar-refractivity contribution < 1.29 is 19.0 Å². The number of hydrogen-bond acceptors (Lipinski definition) is 4. The Morgan fingerprint density at radius 2 is 1.94 bits per heavy atom. The SMILES string of the molecule is COc1cccc(OC(=O)OC(Cl)C(C)C)c1. The van der Waals surface area contributed by atoms with Crippen LogP contribution in [0, 0.1) is 5.92 Å². The van der Waals surface area contributed by atoms with Crippen molar-refractivity contribution in [1.82, 2.24) is 0 Å². The Balaban J connectivity index is 2.55. The Morgan fingerprint density at radius 1 is 1.29 bits per heavy atom. The van der Waals surface area contributed by atoms with Crippen molar-refractivity contribution in [3.05, 3.63) is 24.3 Å². The summed E-state index contributed by atoms with van der Waals surface area (Å²) < 4.78 is 14.8. The Labute approximate surface area is 105 Å². The van der Waals surface area contributed by atoms with Gasteiger partial charge in [-0.25, -0.2) is 4.79 Å². The fraction of sp³-hybridized carbons (Fsp3) is 0.417. The van der Waals surface area contributed by atoms with E-state index in [0.717, 1.165) is 0 Å². The quantitative estimate of drug-likeness (QED) is 0.471. The van der Waals surface area contributed by atoms with Gasteiger partial charge in [0.2, 0.25) is 0 Å². The average Bonchev–Trinajstić information content (AvgIpc) is 2.28. The molecule has 0 amide bonds. The van der Waals surface area contributed by atoms with Gasteiger partial charge in [-0.05, 0) is 12.1 Å². The van der Waals surface area contributed by atoms with Crippen LogP contribution in [0.3, 0.4) is 0 Å². The highest BCUT2D eigenvalue weighted by atomic mass is 35.5. The summed E-state index contributed by atoms with van der Waals surface area (Å²) in [6, 6.07) is 6.67. The van der Waals surface area contributed by atoms with Gasteiger partial charge in [0.25, 0.3) is 0 Å². The molecule has 0 radical (unpaired) electrons. The van der Waals surface area contributed by atoms with E-state index < -0.39 is 11.7 Å². The number of carbonyl (C=O) groups excluding carboxylic acids is 1. The molecule has 0 bridgehead atoms. The molecule has 0 saturated heterocycles. The molecule has 94 valence electrons. The van der Waals surface area contributed by atoms with Crippen molar-refractivity contribution in [2.24, 2.45) is 5.92 Å². The molecule has 0 heterocycles. The first kappa shape index (κ1) is 13.6. The first-order valence-electron chi connectivity index (χ1n) is 5.19. The Bertz CT molecular complexity index is 379. The van der Waals surface area contributed by atoms with Crippen LogP contribution < -0.4 is 9.47 Å². The van der Waals surface area contributed by atoms with Crippen molar-refractivity contribution in [3.63, 3.8) is 0 Å². The predicted molar refractivity (Wildman–Crippen MR) is 64.6 cm³/mol. The van der Waals surface area contributed by atoms with Gasteiger partial charge in [-0.1, -0.05) is 31.5 Å². The van der Waals surface area contributed by atoms with E-state index in [-0.39, 0.29) is 5.92 Å². The molecular formula is C12H15ClO4. The number of hydrogen-bond donors (Lipinski definition) is 0. The van der Waals surface area contributed by atoms with Gasteiger partial charge >= 0.3 is 6.16 Å². The van der Waals surface area contributed by atoms with Crippen molar-refractivity contribution in [2.45, 2.75) is 19.4 Å². The van der Waals surface area contributed by atoms with Crippen molar-refractivity contribution in [1.29, 1.82) is 0 Å². The molecule has 4 nitrogen and oxygen atoms in total. The molecule has 17 heavy (non-hydrogen) atoms. The molecule has 0 aliphatic carbocycles. The molecule has 1 atom stereocenters. The summed E-state index contributed by atoms with van der Waals surface area (Å²) in [6.07, 6.45) is -0.827. The van der Waals surface area contributed by atoms with E-state index in [1.165, 1.54) is 7.11 Å². The van der Waals surface area contributed by atoms with Crippen LogP contribution in [-0.2, 0) is 4.74 Å². The maximum absolute atomic E-state index is 11.4. The van der Waals surface area contributed by atoms with Crippen LogP contribution >= 0.6 is 11.6 Å². The minimum Gasteiger partial charge on any atom is -0.497 e. The molecule has 0 aliphatic heterocycles. The van der Waals surface area contributed by atoms with E-state index in [4.69, 9.17) is 25.8 Å². The lowest BCUT2D eigenvalue weighted by atomic mass is 10.2. The number of ether oxygens (including phenoxy) is 3. The standard InChI is InChI=1S/C12H15ClO4/c1-8(2)11(13)17-12(14)16-10-6-4-5-9(7-10)15-3/h4-8,11H,1-3H3. The summed E-state index contributed by atoms with van der Waals surface area (Å²) >= 11 is 5.79. The van der Waals surface area contributed by atoms with Gasteiger partial charge in [0.05, 0.1) is 7.11 Å². The van der Waals surface area contributed by atoms with Gasteiger partial charge in [0, 0.05) is 12.0 Å². The number of benzene rings is 1. The zero-order valence-corrected chi connectivity index (χ0v) is 10.7. The third kappa shape index (κ3) is 4.53. The zero-order valence-electron chi connectivity index (χ0n) is 9.98. The first-order chi connectivity index (χ1) is 8.02. The van der Waals surface area contributed by atoms with Crippen LogP contribution in [0.4, 0.5) is 4.79 Å². The molecule has 0 aliphatic rings. The number of halogens is 1. The topological polar surface area (TPSA) is 44.8 Å². The summed E-state index contributed by atoms with van der Waals surface area (Å²) in [6.45, 7) is 3.69. The summed E-state index contributed by atoms with van der Waals surface area (Å²) in [4.78, 5) is 11.4. The lowest BCUT2D eigenvalue weighted by Gasteiger charge is -2.14. The highest BCUT2D eigenvalue weighted by Gasteiger charge is 2.16. The third-order valence-corrected chi connectivity index (χ3v) is 2.57. The molecule has 0 spiro atoms. The average molecular weight is 259 g/mol. The highest BCUT2D eigenvalue weighted by molar-refractivity contribution is 6.20. The second kappa shape index (κ2) is 6.35. The van der Waals surface area contributed by atoms with Crippen LogP contribution in [0.2, 0.25) is 0 Å². The number of rotatable bonds is 4. The number of alkyl halides is 1. The van der Waals surface area contributed by atoms with E-state index in [1.807, 2.05) is 13.8 Å². The van der Waals surface area contributed by atoms with Gasteiger partial charge < -0.3 is 14.2 Å². The zero-order chi connectivity index (χ0) is 12.8. The van der Waals surface area contributed by atoms with Crippen LogP contribution in [0.5, 0.6) is 11.5 Å². The highest BCUT2D eigenvalue weighted by Crippen LogP contribution is 2.20. The van der Waals surface area contributed by atoms with Crippen LogP contribution in [0.25, 0.3) is 0 Å². The predicted octanol–water partition coefficient (Wildman–Crippen LogP) is 3.43. The summed E-state index contributed by atoms with van der Waals surface area (Å²) in [5.74, 6) is 0.970. The minimum absolute atomic E-state index is 0.0227. The van der Waals surface area contributed by atoms with Crippen molar-refractivity contribution >= 4 is 17.8 Å². The largest absolute Gasteiger partial charge is 0.515 e. The van der Waals surface area contributed by atoms with Crippen LogP contribution in [0.15, 0.2) is 24.3 Å². The maximum Gasteiger partial charge on any atom is 0.515 e. The fourth-order valence-electron chi connectivity index (χ4n) is 1.01. The summed E-state index contributed by atoms with van der Waals surface area (Å²) in [5, 5.41) is 0. The Hall–Kier alpha value is -1.42. The van der Waals surface area contributed by atoms with E-state index in [0.29, 0.717) is 11.5 Å². The molecule has 1 unspecified atom stereocenters. The number of methoxy groups -OCH3 is 1. The fourth-order valence-corrected chi connectivity index (χ4v) is 1.09. The molecule has 1 aromatic carbocycles. The molecule has 5 heteroatoms. The molecule has 0 saturated carbocycles. The smallest absolute Gasteiger partial charge is 0.497 e. The molecule has 0 fully saturated rings. The molecule has 1 rings (SSSR count). The monoisotopic (exact) mass is 258 g/mol. The lowest BCUT2D eigenvalue weighted by molar-refractivity contribution is 0.0725. The Kier molecular flexibility index (Phi) is 5.10. The molecule has 1 aromatic rings. The van der Waals surface area contributed by atoms with Crippen molar-refractivity contribution in [3.8, 4) is 11.5 Å². The third-order valence-electron chi connectivity index (χ3n) is 1.98. The van der Waals surface area contributed by atoms with Gasteiger partial charge in [-0.3, -0.25) is 0 Å². The second-order valence-electron chi connectivity index (χ2n) is 3.74. The van der Waals surface area contributed by atoms with Gasteiger partial charge in [0.1, 0.15) is 11.5 Å². The minimum atomic E-state index is -0.827. The van der Waals surface area contributed by atoms with E-state index in [9.17, 15) is 4.79 Å². The summed E-state index contributed by atoms with van der Waals surface area (Å²) in [5.41, 5.74) is -0.701. The van der Waals surface area contributed by atoms with Crippen LogP contribution in [0.1, 0.15) is 13.8 Å². The normalized spacial score (nSPS) is 12.1. The first-order valence-corrected chi connectivity index (χ1v) is 5.63. The van der Waals surface area contributed by atoms with Gasteiger partial charge in [0.15, 0.2) is 5.56 Å². The Morgan fingerprint density at radius 3 is 2.53 bits per heavy atom. The van der Waals surface area contributed by atoms with Gasteiger partial charge in [-0.15, -0.1) is 0 Å². The maximum atomic E-state index is 11.4. The second-order valence-corrected chi connectivity index (χ2v) is 4.17. The van der Waals surface area contributed by atoms with Crippen LogP contribution in [-0.4, -0.2) is 18.8 Å². The van der Waals surface area contributed by atoms with E-state index in [1.54, 1.807) is 24.3 Å². The lowest BCUT2D eigenvalue weighted by Crippen LogP contribution is -2.20. The van der Waals surface area contributed by atoms with E-state index in [2.05, 4.69) is 0 Å². The van der Waals surface area contributed by atoms with E-state index >= 15 is 0 Å². The molecule has 0 aromatic heterocycles. The molecular weight excluding hydrogens is 244 g/mol. The van der Waals surface area contributed by atoms with Crippen molar-refractivity contribution in [2.75, 3.05) is 7.11 Å². The summed E-state index contributed by atoms with van der Waals surface area (Å²) in [7, 11) is 1.53. The molecule has 0 N–H and O–H groups in total.